The lowest BCUT2D eigenvalue weighted by atomic mass is 10.1. The van der Waals surface area contributed by atoms with Crippen molar-refractivity contribution in [3.05, 3.63) is 41.5 Å². The lowest BCUT2D eigenvalue weighted by molar-refractivity contribution is -0.119. The van der Waals surface area contributed by atoms with Crippen molar-refractivity contribution in [2.45, 2.75) is 25.5 Å². The smallest absolute Gasteiger partial charge is 0.240 e. The fourth-order valence-corrected chi connectivity index (χ4v) is 4.37. The Morgan fingerprint density at radius 1 is 1.32 bits per heavy atom. The van der Waals surface area contributed by atoms with E-state index < -0.39 is 18.1 Å². The molecule has 3 aromatic rings. The van der Waals surface area contributed by atoms with Gasteiger partial charge in [0.15, 0.2) is 0 Å². The number of carbonyl (C=O) groups is 1. The van der Waals surface area contributed by atoms with E-state index in [1.54, 1.807) is 11.3 Å². The number of benzene rings is 1. The van der Waals surface area contributed by atoms with Crippen LogP contribution in [0, 0.1) is 6.92 Å². The molecule has 0 unspecified atom stereocenters. The van der Waals surface area contributed by atoms with E-state index in [-0.39, 0.29) is 0 Å². The van der Waals surface area contributed by atoms with Crippen molar-refractivity contribution in [2.24, 2.45) is 5.73 Å². The number of aryl methyl sites for hydroxylation is 1. The molecule has 2 aromatic heterocycles. The summed E-state index contributed by atoms with van der Waals surface area (Å²) < 4.78 is 0. The summed E-state index contributed by atoms with van der Waals surface area (Å²) in [6.07, 6.45) is -0.272. The number of aliphatic hydroxyl groups excluding tert-OH is 1. The number of hydrogen-bond donors (Lipinski definition) is 2. The summed E-state index contributed by atoms with van der Waals surface area (Å²) in [5.41, 5.74) is 7.66. The molecule has 4 rings (SSSR count). The molecule has 1 aliphatic rings. The minimum atomic E-state index is -0.596. The predicted molar refractivity (Wildman–Crippen MR) is 98.5 cm³/mol. The van der Waals surface area contributed by atoms with Gasteiger partial charge in [-0.25, -0.2) is 9.97 Å². The van der Waals surface area contributed by atoms with Crippen LogP contribution in [0.1, 0.15) is 12.2 Å². The SMILES string of the molecule is Cc1nc(N2C[C@H](O)C[C@H]2C(N)=O)c2c(-c3ccccc3)csc2n1. The summed E-state index contributed by atoms with van der Waals surface area (Å²) in [4.78, 5) is 23.7. The zero-order valence-corrected chi connectivity index (χ0v) is 14.5. The molecule has 1 aromatic carbocycles. The minimum Gasteiger partial charge on any atom is -0.391 e. The zero-order valence-electron chi connectivity index (χ0n) is 13.7. The molecule has 1 aliphatic heterocycles. The number of aromatic nitrogens is 2. The van der Waals surface area contributed by atoms with E-state index in [2.05, 4.69) is 15.3 Å². The molecular weight excluding hydrogens is 336 g/mol. The number of amides is 1. The molecule has 1 fully saturated rings. The summed E-state index contributed by atoms with van der Waals surface area (Å²) in [6, 6.07) is 9.46. The van der Waals surface area contributed by atoms with E-state index in [0.29, 0.717) is 24.6 Å². The topological polar surface area (TPSA) is 92.3 Å². The molecule has 128 valence electrons. The number of rotatable bonds is 3. The highest BCUT2D eigenvalue weighted by Crippen LogP contribution is 2.40. The van der Waals surface area contributed by atoms with E-state index >= 15 is 0 Å². The average Bonchev–Trinajstić information content (AvgIpc) is 3.18. The lowest BCUT2D eigenvalue weighted by Gasteiger charge is -2.24. The molecule has 2 atom stereocenters. The van der Waals surface area contributed by atoms with Gasteiger partial charge in [-0.3, -0.25) is 4.79 Å². The summed E-state index contributed by atoms with van der Waals surface area (Å²) in [5.74, 6) is 0.856. The number of nitrogens with two attached hydrogens (primary N) is 1. The monoisotopic (exact) mass is 354 g/mol. The van der Waals surface area contributed by atoms with Crippen LogP contribution in [0.4, 0.5) is 5.82 Å². The van der Waals surface area contributed by atoms with Crippen molar-refractivity contribution in [3.63, 3.8) is 0 Å². The summed E-state index contributed by atoms with van der Waals surface area (Å²) in [5, 5.41) is 13.0. The first-order valence-electron chi connectivity index (χ1n) is 8.10. The number of thiophene rings is 1. The van der Waals surface area contributed by atoms with E-state index in [0.717, 1.165) is 21.3 Å². The van der Waals surface area contributed by atoms with Crippen LogP contribution in [-0.2, 0) is 4.79 Å². The third-order valence-electron chi connectivity index (χ3n) is 4.49. The Morgan fingerprint density at radius 3 is 2.80 bits per heavy atom. The minimum absolute atomic E-state index is 0.324. The van der Waals surface area contributed by atoms with Crippen LogP contribution in [0.5, 0.6) is 0 Å². The third-order valence-corrected chi connectivity index (χ3v) is 5.36. The van der Waals surface area contributed by atoms with E-state index in [9.17, 15) is 9.90 Å². The molecule has 3 heterocycles. The molecule has 7 heteroatoms. The number of hydrogen-bond acceptors (Lipinski definition) is 6. The highest BCUT2D eigenvalue weighted by molar-refractivity contribution is 7.17. The Balaban J connectivity index is 1.94. The van der Waals surface area contributed by atoms with Gasteiger partial charge in [-0.2, -0.15) is 0 Å². The van der Waals surface area contributed by atoms with Crippen LogP contribution in [-0.4, -0.2) is 39.7 Å². The predicted octanol–water partition coefficient (Wildman–Crippen LogP) is 2.09. The van der Waals surface area contributed by atoms with E-state index in [1.165, 1.54) is 0 Å². The third kappa shape index (κ3) is 2.75. The van der Waals surface area contributed by atoms with E-state index in [4.69, 9.17) is 5.73 Å². The molecule has 3 N–H and O–H groups in total. The van der Waals surface area contributed by atoms with Crippen molar-refractivity contribution in [2.75, 3.05) is 11.4 Å². The van der Waals surface area contributed by atoms with Crippen LogP contribution in [0.2, 0.25) is 0 Å². The molecule has 0 spiro atoms. The molecule has 0 aliphatic carbocycles. The maximum absolute atomic E-state index is 11.9. The van der Waals surface area contributed by atoms with Gasteiger partial charge in [-0.05, 0) is 12.5 Å². The Labute approximate surface area is 148 Å². The quantitative estimate of drug-likeness (QED) is 0.751. The maximum atomic E-state index is 11.9. The lowest BCUT2D eigenvalue weighted by Crippen LogP contribution is -2.41. The van der Waals surface area contributed by atoms with Crippen LogP contribution in [0.3, 0.4) is 0 Å². The summed E-state index contributed by atoms with van der Waals surface area (Å²) in [7, 11) is 0. The summed E-state index contributed by atoms with van der Waals surface area (Å²) >= 11 is 1.55. The van der Waals surface area contributed by atoms with Gasteiger partial charge in [0.25, 0.3) is 0 Å². The first-order valence-corrected chi connectivity index (χ1v) is 8.98. The molecule has 0 bridgehead atoms. The fourth-order valence-electron chi connectivity index (χ4n) is 3.38. The average molecular weight is 354 g/mol. The maximum Gasteiger partial charge on any atom is 0.240 e. The summed E-state index contributed by atoms with van der Waals surface area (Å²) in [6.45, 7) is 2.17. The second-order valence-electron chi connectivity index (χ2n) is 6.25. The van der Waals surface area contributed by atoms with Gasteiger partial charge >= 0.3 is 0 Å². The number of fused-ring (bicyclic) bond motifs is 1. The second-order valence-corrected chi connectivity index (χ2v) is 7.11. The molecule has 0 radical (unpaired) electrons. The number of primary amides is 1. The Morgan fingerprint density at radius 2 is 2.08 bits per heavy atom. The first kappa shape index (κ1) is 16.0. The Kier molecular flexibility index (Phi) is 3.89. The van der Waals surface area contributed by atoms with Crippen LogP contribution in [0.25, 0.3) is 21.3 Å². The number of aliphatic hydroxyl groups is 1. The van der Waals surface area contributed by atoms with Crippen LogP contribution in [0.15, 0.2) is 35.7 Å². The fraction of sp³-hybridized carbons (Fsp3) is 0.278. The molecule has 1 saturated heterocycles. The number of anilines is 1. The number of carbonyl (C=O) groups excluding carboxylic acids is 1. The van der Waals surface area contributed by atoms with E-state index in [1.807, 2.05) is 42.2 Å². The van der Waals surface area contributed by atoms with Crippen molar-refractivity contribution >= 4 is 33.3 Å². The highest BCUT2D eigenvalue weighted by atomic mass is 32.1. The number of nitrogens with zero attached hydrogens (tertiary/aromatic N) is 3. The van der Waals surface area contributed by atoms with Crippen LogP contribution >= 0.6 is 11.3 Å². The van der Waals surface area contributed by atoms with Gasteiger partial charge in [0.1, 0.15) is 22.5 Å². The van der Waals surface area contributed by atoms with Crippen molar-refractivity contribution in [1.82, 2.24) is 9.97 Å². The zero-order chi connectivity index (χ0) is 17.6. The highest BCUT2D eigenvalue weighted by Gasteiger charge is 2.37. The second kappa shape index (κ2) is 6.09. The normalized spacial score (nSPS) is 20.3. The van der Waals surface area contributed by atoms with Gasteiger partial charge in [0.2, 0.25) is 5.91 Å². The van der Waals surface area contributed by atoms with Crippen LogP contribution < -0.4 is 10.6 Å². The van der Waals surface area contributed by atoms with Gasteiger partial charge < -0.3 is 15.7 Å². The van der Waals surface area contributed by atoms with Gasteiger partial charge in [0, 0.05) is 23.9 Å². The Bertz CT molecular complexity index is 941. The molecule has 0 saturated carbocycles. The first-order chi connectivity index (χ1) is 12.0. The van der Waals surface area contributed by atoms with Gasteiger partial charge in [-0.1, -0.05) is 30.3 Å². The standard InChI is InChI=1S/C18H18N4O2S/c1-10-20-17(22-8-12(23)7-14(22)16(19)24)15-13(9-25-18(15)21-10)11-5-3-2-4-6-11/h2-6,9,12,14,23H,7-8H2,1H3,(H2,19,24)/t12-,14+/m1/s1. The van der Waals surface area contributed by atoms with Crippen molar-refractivity contribution in [3.8, 4) is 11.1 Å². The number of β-amino-alcohol motifs (C(OH)–C–C–N with tert-alkyl or cyclic N) is 1. The molecule has 1 amide bonds. The molecule has 6 nitrogen and oxygen atoms in total. The largest absolute Gasteiger partial charge is 0.391 e. The van der Waals surface area contributed by atoms with Gasteiger partial charge in [-0.15, -0.1) is 11.3 Å². The van der Waals surface area contributed by atoms with Crippen molar-refractivity contribution in [1.29, 1.82) is 0 Å². The van der Waals surface area contributed by atoms with Gasteiger partial charge in [0.05, 0.1) is 11.5 Å². The molecular formula is C18H18N4O2S. The molecule has 25 heavy (non-hydrogen) atoms. The Hall–Kier alpha value is -2.51. The van der Waals surface area contributed by atoms with Crippen molar-refractivity contribution < 1.29 is 9.90 Å².